The van der Waals surface area contributed by atoms with Crippen molar-refractivity contribution in [1.82, 2.24) is 0 Å². The van der Waals surface area contributed by atoms with Gasteiger partial charge in [-0.25, -0.2) is 4.79 Å². The highest BCUT2D eigenvalue weighted by Crippen LogP contribution is 2.23. The Morgan fingerprint density at radius 2 is 1.67 bits per heavy atom. The minimum atomic E-state index is -0.627. The van der Waals surface area contributed by atoms with Gasteiger partial charge in [-0.05, 0) is 36.1 Å². The summed E-state index contributed by atoms with van der Waals surface area (Å²) in [5, 5.41) is 3.63. The number of nitrogens with one attached hydrogen (secondary N) is 1. The van der Waals surface area contributed by atoms with Crippen molar-refractivity contribution in [3.05, 3.63) is 75.6 Å². The number of carbonyl (C=O) groups excluding carboxylic acids is 1. The maximum atomic E-state index is 12.6. The molecule has 1 heterocycles. The fourth-order valence-corrected chi connectivity index (χ4v) is 2.80. The van der Waals surface area contributed by atoms with Gasteiger partial charge in [0, 0.05) is 11.1 Å². The molecule has 122 valence electrons. The Hall–Kier alpha value is -2.88. The summed E-state index contributed by atoms with van der Waals surface area (Å²) in [6.45, 7) is 4.07. The van der Waals surface area contributed by atoms with Gasteiger partial charge in [-0.2, -0.15) is 0 Å². The highest BCUT2D eigenvalue weighted by molar-refractivity contribution is 6.06. The van der Waals surface area contributed by atoms with E-state index in [1.165, 1.54) is 0 Å². The molecule has 2 aromatic carbocycles. The minimum Gasteiger partial charge on any atom is -0.422 e. The standard InChI is InChI=1S/C20H19NO3/c1-3-13-9-7-10-14(4-2)18(13)21-19(22)16-12-15-8-5-6-11-17(15)24-20(16)23/h5-12H,3-4H2,1-2H3,(H,21,22). The van der Waals surface area contributed by atoms with Gasteiger partial charge in [0.1, 0.15) is 11.1 Å². The summed E-state index contributed by atoms with van der Waals surface area (Å²) >= 11 is 0. The molecule has 1 N–H and O–H groups in total. The van der Waals surface area contributed by atoms with Crippen molar-refractivity contribution in [2.45, 2.75) is 26.7 Å². The molecule has 0 aliphatic heterocycles. The Balaban J connectivity index is 2.02. The number of anilines is 1. The third-order valence-corrected chi connectivity index (χ3v) is 4.12. The van der Waals surface area contributed by atoms with E-state index in [0.29, 0.717) is 5.58 Å². The van der Waals surface area contributed by atoms with Gasteiger partial charge in [-0.1, -0.05) is 50.2 Å². The second kappa shape index (κ2) is 6.71. The molecule has 1 aromatic heterocycles. The average molecular weight is 321 g/mol. The predicted octanol–water partition coefficient (Wildman–Crippen LogP) is 4.17. The van der Waals surface area contributed by atoms with Crippen molar-refractivity contribution < 1.29 is 9.21 Å². The van der Waals surface area contributed by atoms with Gasteiger partial charge in [0.15, 0.2) is 0 Å². The van der Waals surface area contributed by atoms with Crippen molar-refractivity contribution in [3.8, 4) is 0 Å². The van der Waals surface area contributed by atoms with Gasteiger partial charge in [0.25, 0.3) is 5.91 Å². The zero-order chi connectivity index (χ0) is 17.1. The molecule has 0 fully saturated rings. The van der Waals surface area contributed by atoms with E-state index in [9.17, 15) is 9.59 Å². The van der Waals surface area contributed by atoms with Gasteiger partial charge in [-0.15, -0.1) is 0 Å². The molecule has 24 heavy (non-hydrogen) atoms. The van der Waals surface area contributed by atoms with Crippen LogP contribution in [0, 0.1) is 0 Å². The summed E-state index contributed by atoms with van der Waals surface area (Å²) < 4.78 is 5.25. The highest BCUT2D eigenvalue weighted by Gasteiger charge is 2.16. The van der Waals surface area contributed by atoms with Crippen LogP contribution in [0.1, 0.15) is 35.3 Å². The van der Waals surface area contributed by atoms with Crippen molar-refractivity contribution in [2.24, 2.45) is 0 Å². The van der Waals surface area contributed by atoms with Crippen LogP contribution in [0.25, 0.3) is 11.0 Å². The average Bonchev–Trinajstić information content (AvgIpc) is 2.61. The van der Waals surface area contributed by atoms with E-state index in [-0.39, 0.29) is 5.56 Å². The van der Waals surface area contributed by atoms with Crippen LogP contribution in [0.3, 0.4) is 0 Å². The summed E-state index contributed by atoms with van der Waals surface area (Å²) in [4.78, 5) is 24.8. The SMILES string of the molecule is CCc1cccc(CC)c1NC(=O)c1cc2ccccc2oc1=O. The van der Waals surface area contributed by atoms with Gasteiger partial charge < -0.3 is 9.73 Å². The first kappa shape index (κ1) is 16.0. The molecule has 0 radical (unpaired) electrons. The van der Waals surface area contributed by atoms with Crippen LogP contribution in [0.2, 0.25) is 0 Å². The third-order valence-electron chi connectivity index (χ3n) is 4.12. The summed E-state index contributed by atoms with van der Waals surface area (Å²) in [7, 11) is 0. The number of benzene rings is 2. The fourth-order valence-electron chi connectivity index (χ4n) is 2.80. The van der Waals surface area contributed by atoms with Crippen molar-refractivity contribution in [2.75, 3.05) is 5.32 Å². The lowest BCUT2D eigenvalue weighted by molar-refractivity contribution is 0.102. The van der Waals surface area contributed by atoms with Crippen LogP contribution in [0.15, 0.2) is 57.7 Å². The lowest BCUT2D eigenvalue weighted by Crippen LogP contribution is -2.22. The fraction of sp³-hybridized carbons (Fsp3) is 0.200. The van der Waals surface area contributed by atoms with Crippen LogP contribution >= 0.6 is 0 Å². The summed E-state index contributed by atoms with van der Waals surface area (Å²) in [5.41, 5.74) is 2.75. The van der Waals surface area contributed by atoms with Crippen LogP contribution in [0.4, 0.5) is 5.69 Å². The number of amides is 1. The van der Waals surface area contributed by atoms with Gasteiger partial charge in [-0.3, -0.25) is 4.79 Å². The van der Waals surface area contributed by atoms with Crippen molar-refractivity contribution >= 4 is 22.6 Å². The lowest BCUT2D eigenvalue weighted by atomic mass is 10.0. The van der Waals surface area contributed by atoms with E-state index >= 15 is 0 Å². The predicted molar refractivity (Wildman–Crippen MR) is 95.6 cm³/mol. The Kier molecular flexibility index (Phi) is 4.47. The molecule has 0 spiro atoms. The molecule has 3 aromatic rings. The molecular formula is C20H19NO3. The number of rotatable bonds is 4. The Morgan fingerprint density at radius 3 is 2.33 bits per heavy atom. The second-order valence-electron chi connectivity index (χ2n) is 5.60. The molecule has 0 aliphatic carbocycles. The molecule has 0 saturated carbocycles. The van der Waals surface area contributed by atoms with E-state index in [1.54, 1.807) is 18.2 Å². The molecule has 0 aliphatic rings. The third kappa shape index (κ3) is 2.95. The zero-order valence-electron chi connectivity index (χ0n) is 13.8. The Labute approximate surface area is 140 Å². The van der Waals surface area contributed by atoms with Crippen molar-refractivity contribution in [1.29, 1.82) is 0 Å². The number of aryl methyl sites for hydroxylation is 2. The topological polar surface area (TPSA) is 59.3 Å². The van der Waals surface area contributed by atoms with E-state index < -0.39 is 11.5 Å². The summed E-state index contributed by atoms with van der Waals surface area (Å²) in [6.07, 6.45) is 1.60. The smallest absolute Gasteiger partial charge is 0.349 e. The van der Waals surface area contributed by atoms with E-state index in [4.69, 9.17) is 4.42 Å². The molecule has 0 unspecified atom stereocenters. The number of hydrogen-bond acceptors (Lipinski definition) is 3. The zero-order valence-corrected chi connectivity index (χ0v) is 13.8. The maximum Gasteiger partial charge on any atom is 0.349 e. The van der Waals surface area contributed by atoms with Crippen LogP contribution in [-0.4, -0.2) is 5.91 Å². The maximum absolute atomic E-state index is 12.6. The monoisotopic (exact) mass is 321 g/mol. The lowest BCUT2D eigenvalue weighted by Gasteiger charge is -2.14. The second-order valence-corrected chi connectivity index (χ2v) is 5.60. The first-order valence-electron chi connectivity index (χ1n) is 8.09. The largest absolute Gasteiger partial charge is 0.422 e. The molecular weight excluding hydrogens is 302 g/mol. The van der Waals surface area contributed by atoms with E-state index in [0.717, 1.165) is 35.0 Å². The molecule has 1 amide bonds. The quantitative estimate of drug-likeness (QED) is 0.734. The number of carbonyl (C=O) groups is 1. The molecule has 0 atom stereocenters. The normalized spacial score (nSPS) is 10.8. The van der Waals surface area contributed by atoms with Gasteiger partial charge in [0.05, 0.1) is 0 Å². The summed E-state index contributed by atoms with van der Waals surface area (Å²) in [5.74, 6) is -0.440. The first-order chi connectivity index (χ1) is 11.6. The molecule has 3 rings (SSSR count). The van der Waals surface area contributed by atoms with E-state index in [1.807, 2.05) is 44.2 Å². The molecule has 4 nitrogen and oxygen atoms in total. The van der Waals surface area contributed by atoms with Crippen LogP contribution in [0.5, 0.6) is 0 Å². The molecule has 0 bridgehead atoms. The van der Waals surface area contributed by atoms with Crippen molar-refractivity contribution in [3.63, 3.8) is 0 Å². The number of fused-ring (bicyclic) bond motifs is 1. The number of para-hydroxylation sites is 2. The number of hydrogen-bond donors (Lipinski definition) is 1. The highest BCUT2D eigenvalue weighted by atomic mass is 16.4. The Morgan fingerprint density at radius 1 is 1.00 bits per heavy atom. The van der Waals surface area contributed by atoms with E-state index in [2.05, 4.69) is 5.32 Å². The van der Waals surface area contributed by atoms with Gasteiger partial charge in [0.2, 0.25) is 0 Å². The van der Waals surface area contributed by atoms with Crippen LogP contribution in [-0.2, 0) is 12.8 Å². The first-order valence-corrected chi connectivity index (χ1v) is 8.09. The van der Waals surface area contributed by atoms with Crippen LogP contribution < -0.4 is 10.9 Å². The summed E-state index contributed by atoms with van der Waals surface area (Å²) in [6, 6.07) is 14.7. The Bertz CT molecular complexity index is 934. The minimum absolute atomic E-state index is 0.0154. The van der Waals surface area contributed by atoms with Gasteiger partial charge >= 0.3 is 5.63 Å². The molecule has 0 saturated heterocycles. The molecule has 4 heteroatoms.